The summed E-state index contributed by atoms with van der Waals surface area (Å²) in [5.41, 5.74) is 18.9. The molecule has 41 heavy (non-hydrogen) atoms. The van der Waals surface area contributed by atoms with Gasteiger partial charge in [0.25, 0.3) is 0 Å². The highest BCUT2D eigenvalue weighted by atomic mass is 35.5. The molecule has 0 spiro atoms. The van der Waals surface area contributed by atoms with Crippen LogP contribution in [-0.4, -0.2) is 61.7 Å². The molecule has 1 aromatic carbocycles. The first kappa shape index (κ1) is 43.7. The van der Waals surface area contributed by atoms with E-state index in [1.807, 2.05) is 24.3 Å². The SMILES string of the molecule is COc1cc(NC(C)CCCNC(=O)[C@@H](CCCCN)NC(=O)[C@H](N)CCCCN)c2ncccc2c1.Cl.Cl.Cl.Cl. The van der Waals surface area contributed by atoms with E-state index >= 15 is 0 Å². The number of hydrogen-bond donors (Lipinski definition) is 6. The average Bonchev–Trinajstić information content (AvgIpc) is 2.90. The van der Waals surface area contributed by atoms with Crippen LogP contribution >= 0.6 is 49.6 Å². The molecule has 0 aliphatic heterocycles. The first-order chi connectivity index (χ1) is 17.9. The number of nitrogens with one attached hydrogen (secondary N) is 3. The van der Waals surface area contributed by atoms with E-state index in [2.05, 4.69) is 27.9 Å². The van der Waals surface area contributed by atoms with Crippen molar-refractivity contribution < 1.29 is 14.3 Å². The van der Waals surface area contributed by atoms with Gasteiger partial charge in [-0.15, -0.1) is 49.6 Å². The van der Waals surface area contributed by atoms with Crippen LogP contribution in [0.5, 0.6) is 5.75 Å². The van der Waals surface area contributed by atoms with E-state index in [1.54, 1.807) is 13.3 Å². The Morgan fingerprint density at radius 3 is 2.22 bits per heavy atom. The molecule has 238 valence electrons. The molecule has 0 aliphatic carbocycles. The topological polar surface area (TPSA) is 170 Å². The monoisotopic (exact) mass is 659 g/mol. The van der Waals surface area contributed by atoms with Crippen molar-refractivity contribution in [3.8, 4) is 5.75 Å². The van der Waals surface area contributed by atoms with Crippen molar-refractivity contribution in [3.63, 3.8) is 0 Å². The number of nitrogens with two attached hydrogens (primary N) is 3. The summed E-state index contributed by atoms with van der Waals surface area (Å²) < 4.78 is 5.43. The van der Waals surface area contributed by atoms with Gasteiger partial charge in [0.05, 0.1) is 24.4 Å². The molecule has 9 N–H and O–H groups in total. The van der Waals surface area contributed by atoms with E-state index < -0.39 is 12.1 Å². The van der Waals surface area contributed by atoms with Gasteiger partial charge in [0, 0.05) is 30.2 Å². The molecule has 0 fully saturated rings. The number of hydrogen-bond acceptors (Lipinski definition) is 8. The molecule has 1 aromatic heterocycles. The Kier molecular flexibility index (Phi) is 26.4. The van der Waals surface area contributed by atoms with Crippen LogP contribution < -0.4 is 37.9 Å². The van der Waals surface area contributed by atoms with Crippen LogP contribution in [0.2, 0.25) is 0 Å². The molecule has 1 unspecified atom stereocenters. The maximum atomic E-state index is 12.9. The molecular formula is C27H49Cl4N7O3. The second-order valence-corrected chi connectivity index (χ2v) is 9.47. The summed E-state index contributed by atoms with van der Waals surface area (Å²) in [4.78, 5) is 29.9. The lowest BCUT2D eigenvalue weighted by Gasteiger charge is -2.21. The zero-order chi connectivity index (χ0) is 27.0. The van der Waals surface area contributed by atoms with Crippen LogP contribution in [0.1, 0.15) is 58.3 Å². The van der Waals surface area contributed by atoms with E-state index in [9.17, 15) is 9.59 Å². The third-order valence-corrected chi connectivity index (χ3v) is 6.32. The number of anilines is 1. The van der Waals surface area contributed by atoms with E-state index in [0.29, 0.717) is 32.5 Å². The summed E-state index contributed by atoms with van der Waals surface area (Å²) in [6.45, 7) is 3.72. The predicted octanol–water partition coefficient (Wildman–Crippen LogP) is 3.70. The quantitative estimate of drug-likeness (QED) is 0.131. The predicted molar refractivity (Wildman–Crippen MR) is 178 cm³/mol. The van der Waals surface area contributed by atoms with Gasteiger partial charge in [0.15, 0.2) is 0 Å². The number of fused-ring (bicyclic) bond motifs is 1. The maximum absolute atomic E-state index is 12.9. The molecule has 2 rings (SSSR count). The Balaban J connectivity index is -0.00000361. The minimum Gasteiger partial charge on any atom is -0.497 e. The molecular weight excluding hydrogens is 612 g/mol. The number of methoxy groups -OCH3 is 1. The van der Waals surface area contributed by atoms with Crippen molar-refractivity contribution in [2.75, 3.05) is 32.1 Å². The molecule has 0 aliphatic rings. The fraction of sp³-hybridized carbons (Fsp3) is 0.593. The number of carbonyl (C=O) groups excluding carboxylic acids is 2. The van der Waals surface area contributed by atoms with Gasteiger partial charge in [-0.2, -0.15) is 0 Å². The zero-order valence-electron chi connectivity index (χ0n) is 23.9. The highest BCUT2D eigenvalue weighted by Crippen LogP contribution is 2.28. The second-order valence-electron chi connectivity index (χ2n) is 9.47. The van der Waals surface area contributed by atoms with Crippen molar-refractivity contribution in [2.45, 2.75) is 76.4 Å². The highest BCUT2D eigenvalue weighted by Gasteiger charge is 2.23. The van der Waals surface area contributed by atoms with Gasteiger partial charge in [0.2, 0.25) is 11.8 Å². The molecule has 14 heteroatoms. The molecule has 0 saturated carbocycles. The Bertz CT molecular complexity index is 991. The largest absolute Gasteiger partial charge is 0.497 e. The van der Waals surface area contributed by atoms with Crippen LogP contribution in [-0.2, 0) is 9.59 Å². The molecule has 0 radical (unpaired) electrons. The standard InChI is InChI=1S/C27H45N7O3.4ClH/c1-19(33-24-18-21(37-2)17-20-10-8-15-31-25(20)24)9-7-16-32-27(36)23(12-4-6-14-29)34-26(35)22(30)11-3-5-13-28;;;;/h8,10,15,17-19,22-23,33H,3-7,9,11-14,16,28-30H2,1-2H3,(H,32,36)(H,34,35);4*1H/t19?,22-,23-;;;;/m1..../s1. The van der Waals surface area contributed by atoms with Crippen LogP contribution in [0.3, 0.4) is 0 Å². The number of ether oxygens (including phenoxy) is 1. The summed E-state index contributed by atoms with van der Waals surface area (Å²) in [5, 5.41) is 10.3. The summed E-state index contributed by atoms with van der Waals surface area (Å²) in [6, 6.07) is 6.70. The number of nitrogens with zero attached hydrogens (tertiary/aromatic N) is 1. The lowest BCUT2D eigenvalue weighted by Crippen LogP contribution is -2.51. The van der Waals surface area contributed by atoms with Gasteiger partial charge in [-0.05, 0) is 77.1 Å². The third kappa shape index (κ3) is 15.9. The summed E-state index contributed by atoms with van der Waals surface area (Å²) in [5.74, 6) is 0.272. The molecule has 0 bridgehead atoms. The van der Waals surface area contributed by atoms with Crippen LogP contribution in [0.25, 0.3) is 10.9 Å². The van der Waals surface area contributed by atoms with Gasteiger partial charge >= 0.3 is 0 Å². The number of unbranched alkanes of at least 4 members (excludes halogenated alkanes) is 2. The number of aromatic nitrogens is 1. The number of pyridine rings is 1. The summed E-state index contributed by atoms with van der Waals surface area (Å²) in [7, 11) is 1.65. The van der Waals surface area contributed by atoms with Gasteiger partial charge in [-0.1, -0.05) is 12.5 Å². The smallest absolute Gasteiger partial charge is 0.242 e. The minimum atomic E-state index is -0.648. The van der Waals surface area contributed by atoms with Crippen LogP contribution in [0.4, 0.5) is 5.69 Å². The average molecular weight is 662 g/mol. The van der Waals surface area contributed by atoms with Gasteiger partial charge in [0.1, 0.15) is 11.8 Å². The first-order valence-corrected chi connectivity index (χ1v) is 13.3. The number of benzene rings is 1. The molecule has 2 aromatic rings. The van der Waals surface area contributed by atoms with E-state index in [4.69, 9.17) is 21.9 Å². The maximum Gasteiger partial charge on any atom is 0.242 e. The molecule has 0 saturated heterocycles. The lowest BCUT2D eigenvalue weighted by atomic mass is 10.1. The van der Waals surface area contributed by atoms with Crippen molar-refractivity contribution >= 4 is 78.0 Å². The van der Waals surface area contributed by atoms with E-state index in [-0.39, 0.29) is 67.5 Å². The Labute approximate surface area is 269 Å². The number of halogens is 4. The van der Waals surface area contributed by atoms with Gasteiger partial charge in [-0.25, -0.2) is 0 Å². The molecule has 1 heterocycles. The van der Waals surface area contributed by atoms with E-state index in [1.165, 1.54) is 0 Å². The zero-order valence-corrected chi connectivity index (χ0v) is 27.2. The summed E-state index contributed by atoms with van der Waals surface area (Å²) in [6.07, 6.45) is 7.60. The Morgan fingerprint density at radius 2 is 1.59 bits per heavy atom. The number of amides is 2. The second kappa shape index (κ2) is 24.8. The van der Waals surface area contributed by atoms with Crippen LogP contribution in [0, 0.1) is 0 Å². The van der Waals surface area contributed by atoms with Crippen molar-refractivity contribution in [2.24, 2.45) is 17.2 Å². The number of rotatable bonds is 18. The fourth-order valence-corrected chi connectivity index (χ4v) is 4.15. The molecule has 3 atom stereocenters. The molecule has 2 amide bonds. The van der Waals surface area contributed by atoms with Crippen molar-refractivity contribution in [1.29, 1.82) is 0 Å². The fourth-order valence-electron chi connectivity index (χ4n) is 4.15. The Morgan fingerprint density at radius 1 is 0.927 bits per heavy atom. The Hall–Kier alpha value is -1.79. The third-order valence-electron chi connectivity index (χ3n) is 6.32. The number of carbonyl (C=O) groups is 2. The lowest BCUT2D eigenvalue weighted by molar-refractivity contribution is -0.129. The van der Waals surface area contributed by atoms with Crippen molar-refractivity contribution in [3.05, 3.63) is 30.5 Å². The highest BCUT2D eigenvalue weighted by molar-refractivity contribution is 5.92. The van der Waals surface area contributed by atoms with Gasteiger partial charge in [-0.3, -0.25) is 14.6 Å². The van der Waals surface area contributed by atoms with E-state index in [0.717, 1.165) is 60.9 Å². The molecule has 10 nitrogen and oxygen atoms in total. The first-order valence-electron chi connectivity index (χ1n) is 13.3. The minimum absolute atomic E-state index is 0. The van der Waals surface area contributed by atoms with Gasteiger partial charge < -0.3 is 37.9 Å². The van der Waals surface area contributed by atoms with Crippen molar-refractivity contribution in [1.82, 2.24) is 15.6 Å². The van der Waals surface area contributed by atoms with Crippen LogP contribution in [0.15, 0.2) is 30.5 Å². The summed E-state index contributed by atoms with van der Waals surface area (Å²) >= 11 is 0. The normalized spacial score (nSPS) is 12.2.